The smallest absolute Gasteiger partial charge is 0.308 e. The molecular formula is C21H30N2O4. The highest BCUT2D eigenvalue weighted by Gasteiger charge is 2.32. The maximum Gasteiger partial charge on any atom is 0.308 e. The number of piperidine rings is 1. The number of nitrogens with zero attached hydrogens (tertiary/aromatic N) is 2. The topological polar surface area (TPSA) is 59.1 Å². The molecule has 2 saturated heterocycles. The third kappa shape index (κ3) is 4.80. The van der Waals surface area contributed by atoms with Gasteiger partial charge in [-0.25, -0.2) is 0 Å². The van der Waals surface area contributed by atoms with E-state index in [1.165, 1.54) is 12.7 Å². The van der Waals surface area contributed by atoms with Crippen molar-refractivity contribution in [2.24, 2.45) is 5.92 Å². The van der Waals surface area contributed by atoms with Gasteiger partial charge in [-0.3, -0.25) is 14.5 Å². The second kappa shape index (κ2) is 9.22. The Bertz CT molecular complexity index is 638. The largest absolute Gasteiger partial charge is 0.494 e. The van der Waals surface area contributed by atoms with Gasteiger partial charge < -0.3 is 14.4 Å². The van der Waals surface area contributed by atoms with Crippen molar-refractivity contribution in [1.82, 2.24) is 9.80 Å². The van der Waals surface area contributed by atoms with Gasteiger partial charge >= 0.3 is 5.97 Å². The van der Waals surface area contributed by atoms with Crippen LogP contribution in [0.1, 0.15) is 44.2 Å². The number of amides is 1. The van der Waals surface area contributed by atoms with Crippen molar-refractivity contribution in [2.75, 3.05) is 39.9 Å². The third-order valence-electron chi connectivity index (χ3n) is 5.66. The van der Waals surface area contributed by atoms with Gasteiger partial charge in [-0.05, 0) is 56.8 Å². The van der Waals surface area contributed by atoms with Gasteiger partial charge in [0.1, 0.15) is 5.75 Å². The molecule has 0 radical (unpaired) electrons. The molecular weight excluding hydrogens is 344 g/mol. The highest BCUT2D eigenvalue weighted by atomic mass is 16.5. The summed E-state index contributed by atoms with van der Waals surface area (Å²) < 4.78 is 10.3. The summed E-state index contributed by atoms with van der Waals surface area (Å²) >= 11 is 0. The lowest BCUT2D eigenvalue weighted by atomic mass is 9.97. The normalized spacial score (nSPS) is 21.3. The Balaban J connectivity index is 1.55. The first-order valence-corrected chi connectivity index (χ1v) is 9.94. The number of hydrogen-bond acceptors (Lipinski definition) is 5. The summed E-state index contributed by atoms with van der Waals surface area (Å²) in [4.78, 5) is 28.6. The number of esters is 1. The lowest BCUT2D eigenvalue weighted by Crippen LogP contribution is -2.45. The highest BCUT2D eigenvalue weighted by Crippen LogP contribution is 2.32. The summed E-state index contributed by atoms with van der Waals surface area (Å²) in [5.41, 5.74) is 1.24. The number of benzene rings is 1. The zero-order chi connectivity index (χ0) is 19.2. The molecule has 0 unspecified atom stereocenters. The van der Waals surface area contributed by atoms with E-state index >= 15 is 0 Å². The Hall–Kier alpha value is -2.08. The fourth-order valence-corrected chi connectivity index (χ4v) is 4.15. The average molecular weight is 374 g/mol. The first-order chi connectivity index (χ1) is 13.1. The molecule has 1 amide bonds. The number of hydrogen-bond donors (Lipinski definition) is 0. The quantitative estimate of drug-likeness (QED) is 0.717. The van der Waals surface area contributed by atoms with Crippen LogP contribution in [0.25, 0.3) is 0 Å². The lowest BCUT2D eigenvalue weighted by molar-refractivity contribution is -0.149. The molecule has 27 heavy (non-hydrogen) atoms. The standard InChI is InChI=1S/C21H30N2O4/c1-3-27-18-8-6-16(7-9-18)19-5-4-12-23(19)15-20(24)22-13-10-17(11-14-22)21(25)26-2/h6-9,17,19H,3-5,10-15H2,1-2H3/t19-/m0/s1. The first-order valence-electron chi connectivity index (χ1n) is 9.94. The Morgan fingerprint density at radius 1 is 1.07 bits per heavy atom. The maximum atomic E-state index is 12.8. The molecule has 2 heterocycles. The Morgan fingerprint density at radius 3 is 2.41 bits per heavy atom. The molecule has 1 atom stereocenters. The number of carbonyl (C=O) groups excluding carboxylic acids is 2. The van der Waals surface area contributed by atoms with E-state index in [9.17, 15) is 9.59 Å². The predicted molar refractivity (Wildman–Crippen MR) is 102 cm³/mol. The number of likely N-dealkylation sites (tertiary alicyclic amines) is 2. The first kappa shape index (κ1) is 19.7. The highest BCUT2D eigenvalue weighted by molar-refractivity contribution is 5.79. The number of carbonyl (C=O) groups is 2. The van der Waals surface area contributed by atoms with Gasteiger partial charge in [-0.1, -0.05) is 12.1 Å². The minimum Gasteiger partial charge on any atom is -0.494 e. The van der Waals surface area contributed by atoms with Gasteiger partial charge in [0.05, 0.1) is 26.2 Å². The average Bonchev–Trinajstić information content (AvgIpc) is 3.16. The van der Waals surface area contributed by atoms with E-state index in [1.54, 1.807) is 0 Å². The molecule has 0 saturated carbocycles. The van der Waals surface area contributed by atoms with Crippen LogP contribution in [0, 0.1) is 5.92 Å². The summed E-state index contributed by atoms with van der Waals surface area (Å²) in [6.45, 7) is 5.31. The number of methoxy groups -OCH3 is 1. The van der Waals surface area contributed by atoms with Crippen LogP contribution in [-0.4, -0.2) is 61.6 Å². The van der Waals surface area contributed by atoms with Crippen LogP contribution in [0.2, 0.25) is 0 Å². The van der Waals surface area contributed by atoms with E-state index in [-0.39, 0.29) is 23.8 Å². The molecule has 2 aliphatic heterocycles. The SMILES string of the molecule is CCOc1ccc([C@@H]2CCCN2CC(=O)N2CCC(C(=O)OC)CC2)cc1. The molecule has 0 aromatic heterocycles. The van der Waals surface area contributed by atoms with Crippen molar-refractivity contribution >= 4 is 11.9 Å². The maximum absolute atomic E-state index is 12.8. The molecule has 0 bridgehead atoms. The van der Waals surface area contributed by atoms with E-state index in [1.807, 2.05) is 24.0 Å². The Kier molecular flexibility index (Phi) is 6.72. The van der Waals surface area contributed by atoms with Crippen molar-refractivity contribution in [2.45, 2.75) is 38.6 Å². The van der Waals surface area contributed by atoms with Crippen LogP contribution >= 0.6 is 0 Å². The van der Waals surface area contributed by atoms with Crippen molar-refractivity contribution in [3.05, 3.63) is 29.8 Å². The van der Waals surface area contributed by atoms with Gasteiger partial charge in [-0.15, -0.1) is 0 Å². The predicted octanol–water partition coefficient (Wildman–Crippen LogP) is 2.63. The van der Waals surface area contributed by atoms with E-state index in [0.29, 0.717) is 39.1 Å². The number of rotatable bonds is 6. The molecule has 148 valence electrons. The lowest BCUT2D eigenvalue weighted by Gasteiger charge is -2.33. The van der Waals surface area contributed by atoms with E-state index in [0.717, 1.165) is 25.1 Å². The van der Waals surface area contributed by atoms with Crippen molar-refractivity contribution in [1.29, 1.82) is 0 Å². The second-order valence-corrected chi connectivity index (χ2v) is 7.31. The van der Waals surface area contributed by atoms with Crippen molar-refractivity contribution < 1.29 is 19.1 Å². The van der Waals surface area contributed by atoms with Crippen LogP contribution in [0.5, 0.6) is 5.75 Å². The third-order valence-corrected chi connectivity index (χ3v) is 5.66. The summed E-state index contributed by atoms with van der Waals surface area (Å²) in [6.07, 6.45) is 3.57. The molecule has 3 rings (SSSR count). The molecule has 1 aromatic rings. The molecule has 0 N–H and O–H groups in total. The van der Waals surface area contributed by atoms with Gasteiger partial charge in [0, 0.05) is 19.1 Å². The molecule has 2 fully saturated rings. The van der Waals surface area contributed by atoms with Gasteiger partial charge in [0.15, 0.2) is 0 Å². The van der Waals surface area contributed by atoms with Gasteiger partial charge in [0.25, 0.3) is 0 Å². The van der Waals surface area contributed by atoms with Crippen molar-refractivity contribution in [3.8, 4) is 5.75 Å². The molecule has 0 spiro atoms. The zero-order valence-corrected chi connectivity index (χ0v) is 16.4. The molecule has 2 aliphatic rings. The monoisotopic (exact) mass is 374 g/mol. The second-order valence-electron chi connectivity index (χ2n) is 7.31. The van der Waals surface area contributed by atoms with E-state index in [4.69, 9.17) is 9.47 Å². The van der Waals surface area contributed by atoms with E-state index in [2.05, 4.69) is 17.0 Å². The fraction of sp³-hybridized carbons (Fsp3) is 0.619. The molecule has 1 aromatic carbocycles. The Labute approximate surface area is 161 Å². The van der Waals surface area contributed by atoms with Crippen LogP contribution in [0.15, 0.2) is 24.3 Å². The minimum atomic E-state index is -0.155. The van der Waals surface area contributed by atoms with Crippen LogP contribution in [-0.2, 0) is 14.3 Å². The number of ether oxygens (including phenoxy) is 2. The van der Waals surface area contributed by atoms with E-state index < -0.39 is 0 Å². The Morgan fingerprint density at radius 2 is 1.78 bits per heavy atom. The summed E-state index contributed by atoms with van der Waals surface area (Å²) in [5, 5.41) is 0. The molecule has 6 nitrogen and oxygen atoms in total. The minimum absolute atomic E-state index is 0.0672. The van der Waals surface area contributed by atoms with Gasteiger partial charge in [-0.2, -0.15) is 0 Å². The fourth-order valence-electron chi connectivity index (χ4n) is 4.15. The molecule has 0 aliphatic carbocycles. The zero-order valence-electron chi connectivity index (χ0n) is 16.4. The van der Waals surface area contributed by atoms with Crippen LogP contribution in [0.3, 0.4) is 0 Å². The summed E-state index contributed by atoms with van der Waals surface area (Å²) in [5.74, 6) is 0.825. The van der Waals surface area contributed by atoms with Crippen LogP contribution in [0.4, 0.5) is 0 Å². The van der Waals surface area contributed by atoms with Gasteiger partial charge in [0.2, 0.25) is 5.91 Å². The van der Waals surface area contributed by atoms with Crippen LogP contribution < -0.4 is 4.74 Å². The molecule has 6 heteroatoms. The summed E-state index contributed by atoms with van der Waals surface area (Å²) in [6, 6.07) is 8.53. The van der Waals surface area contributed by atoms with Crippen molar-refractivity contribution in [3.63, 3.8) is 0 Å². The summed E-state index contributed by atoms with van der Waals surface area (Å²) in [7, 11) is 1.42.